The highest BCUT2D eigenvalue weighted by molar-refractivity contribution is 5.90. The van der Waals surface area contributed by atoms with Crippen LogP contribution in [-0.2, 0) is 6.42 Å². The number of benzene rings is 1. The number of likely N-dealkylation sites (tertiary alicyclic amines) is 1. The number of fused-ring (bicyclic) bond motifs is 1. The van der Waals surface area contributed by atoms with Crippen LogP contribution < -0.4 is 14.8 Å². The molecule has 1 aromatic heterocycles. The molecule has 0 bridgehead atoms. The van der Waals surface area contributed by atoms with Crippen LogP contribution in [-0.4, -0.2) is 35.8 Å². The highest BCUT2D eigenvalue weighted by Crippen LogP contribution is 2.35. The van der Waals surface area contributed by atoms with Crippen LogP contribution in [0.25, 0.3) is 0 Å². The minimum Gasteiger partial charge on any atom is -0.486 e. The number of hydrogen-bond acceptors (Lipinski definition) is 5. The standard InChI is InChI=1S/C19H23N3O4/c1-2-4-14-12-15(21-26-14)16-5-3-8-22(16)19(23)20-13-6-7-17-18(11-13)25-10-9-24-17/h6-7,11-12,16H,2-5,8-10H2,1H3,(H,20,23)/t16-/m1/s1. The predicted octanol–water partition coefficient (Wildman–Crippen LogP) is 3.77. The zero-order valence-corrected chi connectivity index (χ0v) is 14.9. The molecule has 0 unspecified atom stereocenters. The fourth-order valence-corrected chi connectivity index (χ4v) is 3.48. The quantitative estimate of drug-likeness (QED) is 0.901. The molecule has 7 nitrogen and oxygen atoms in total. The van der Waals surface area contributed by atoms with Crippen LogP contribution >= 0.6 is 0 Å². The van der Waals surface area contributed by atoms with E-state index in [-0.39, 0.29) is 12.1 Å². The summed E-state index contributed by atoms with van der Waals surface area (Å²) >= 11 is 0. The first kappa shape index (κ1) is 16.8. The van der Waals surface area contributed by atoms with Crippen molar-refractivity contribution in [3.05, 3.63) is 35.7 Å². The second-order valence-electron chi connectivity index (χ2n) is 6.61. The first-order valence-corrected chi connectivity index (χ1v) is 9.17. The Morgan fingerprint density at radius 1 is 1.27 bits per heavy atom. The lowest BCUT2D eigenvalue weighted by Crippen LogP contribution is -2.34. The summed E-state index contributed by atoms with van der Waals surface area (Å²) in [4.78, 5) is 14.6. The van der Waals surface area contributed by atoms with Crippen LogP contribution in [0.4, 0.5) is 10.5 Å². The average molecular weight is 357 g/mol. The molecule has 1 fully saturated rings. The Morgan fingerprint density at radius 3 is 2.96 bits per heavy atom. The van der Waals surface area contributed by atoms with Gasteiger partial charge in [0.1, 0.15) is 24.7 Å². The Morgan fingerprint density at radius 2 is 2.12 bits per heavy atom. The third-order valence-electron chi connectivity index (χ3n) is 4.72. The summed E-state index contributed by atoms with van der Waals surface area (Å²) in [6.07, 6.45) is 3.72. The summed E-state index contributed by atoms with van der Waals surface area (Å²) in [6.45, 7) is 3.87. The maximum atomic E-state index is 12.8. The van der Waals surface area contributed by atoms with Crippen LogP contribution in [0.15, 0.2) is 28.8 Å². The molecule has 138 valence electrons. The Bertz CT molecular complexity index is 789. The highest BCUT2D eigenvalue weighted by atomic mass is 16.6. The number of anilines is 1. The van der Waals surface area contributed by atoms with Crippen molar-refractivity contribution in [3.8, 4) is 11.5 Å². The average Bonchev–Trinajstić information content (AvgIpc) is 3.31. The van der Waals surface area contributed by atoms with E-state index in [1.54, 1.807) is 6.07 Å². The molecule has 0 aliphatic carbocycles. The number of amides is 2. The minimum absolute atomic E-state index is 0.0402. The Labute approximate surface area is 152 Å². The monoisotopic (exact) mass is 357 g/mol. The van der Waals surface area contributed by atoms with E-state index < -0.39 is 0 Å². The summed E-state index contributed by atoms with van der Waals surface area (Å²) < 4.78 is 16.5. The largest absolute Gasteiger partial charge is 0.486 e. The molecule has 2 aliphatic rings. The van der Waals surface area contributed by atoms with Gasteiger partial charge in [0.05, 0.1) is 6.04 Å². The van der Waals surface area contributed by atoms with Gasteiger partial charge >= 0.3 is 6.03 Å². The van der Waals surface area contributed by atoms with Gasteiger partial charge in [-0.15, -0.1) is 0 Å². The van der Waals surface area contributed by atoms with Crippen molar-refractivity contribution >= 4 is 11.7 Å². The van der Waals surface area contributed by atoms with Gasteiger partial charge in [0.15, 0.2) is 11.5 Å². The van der Waals surface area contributed by atoms with Crippen molar-refractivity contribution in [2.24, 2.45) is 0 Å². The molecular weight excluding hydrogens is 334 g/mol. The third-order valence-corrected chi connectivity index (χ3v) is 4.72. The van der Waals surface area contributed by atoms with E-state index in [0.717, 1.165) is 37.1 Å². The lowest BCUT2D eigenvalue weighted by atomic mass is 10.1. The molecule has 0 radical (unpaired) electrons. The molecule has 3 heterocycles. The number of aryl methyl sites for hydroxylation is 1. The van der Waals surface area contributed by atoms with Gasteiger partial charge in [0.2, 0.25) is 0 Å². The van der Waals surface area contributed by atoms with Gasteiger partial charge in [-0.1, -0.05) is 12.1 Å². The summed E-state index contributed by atoms with van der Waals surface area (Å²) in [5, 5.41) is 7.14. The molecular formula is C19H23N3O4. The molecule has 7 heteroatoms. The number of rotatable bonds is 4. The zero-order valence-electron chi connectivity index (χ0n) is 14.9. The van der Waals surface area contributed by atoms with E-state index in [1.165, 1.54) is 0 Å². The Kier molecular flexibility index (Phi) is 4.69. The van der Waals surface area contributed by atoms with E-state index in [9.17, 15) is 4.79 Å². The van der Waals surface area contributed by atoms with Crippen molar-refractivity contribution < 1.29 is 18.8 Å². The maximum Gasteiger partial charge on any atom is 0.322 e. The predicted molar refractivity (Wildman–Crippen MR) is 95.6 cm³/mol. The summed E-state index contributed by atoms with van der Waals surface area (Å²) in [5.74, 6) is 2.24. The van der Waals surface area contributed by atoms with E-state index >= 15 is 0 Å². The van der Waals surface area contributed by atoms with Gasteiger partial charge in [-0.25, -0.2) is 4.79 Å². The molecule has 26 heavy (non-hydrogen) atoms. The second kappa shape index (κ2) is 7.27. The van der Waals surface area contributed by atoms with Crippen LogP contribution in [0.5, 0.6) is 11.5 Å². The summed E-state index contributed by atoms with van der Waals surface area (Å²) in [6, 6.07) is 7.24. The second-order valence-corrected chi connectivity index (χ2v) is 6.61. The molecule has 2 aromatic rings. The number of carbonyl (C=O) groups is 1. The molecule has 0 saturated carbocycles. The number of carbonyl (C=O) groups excluding carboxylic acids is 1. The van der Waals surface area contributed by atoms with Crippen LogP contribution in [0, 0.1) is 0 Å². The Balaban J connectivity index is 1.46. The fraction of sp³-hybridized carbons (Fsp3) is 0.474. The van der Waals surface area contributed by atoms with Gasteiger partial charge in [0.25, 0.3) is 0 Å². The molecule has 1 saturated heterocycles. The zero-order chi connectivity index (χ0) is 17.9. The molecule has 2 amide bonds. The number of aromatic nitrogens is 1. The van der Waals surface area contributed by atoms with Gasteiger partial charge in [-0.3, -0.25) is 0 Å². The number of nitrogens with one attached hydrogen (secondary N) is 1. The van der Waals surface area contributed by atoms with E-state index in [0.29, 0.717) is 36.9 Å². The van der Waals surface area contributed by atoms with Crippen molar-refractivity contribution in [2.75, 3.05) is 25.1 Å². The first-order chi connectivity index (χ1) is 12.7. The lowest BCUT2D eigenvalue weighted by molar-refractivity contribution is 0.171. The molecule has 1 aromatic carbocycles. The van der Waals surface area contributed by atoms with Gasteiger partial charge in [0, 0.05) is 30.8 Å². The van der Waals surface area contributed by atoms with Gasteiger partial charge in [-0.05, 0) is 31.4 Å². The molecule has 1 atom stereocenters. The minimum atomic E-state index is -0.135. The van der Waals surface area contributed by atoms with E-state index in [4.69, 9.17) is 14.0 Å². The maximum absolute atomic E-state index is 12.8. The highest BCUT2D eigenvalue weighted by Gasteiger charge is 2.32. The van der Waals surface area contributed by atoms with Crippen molar-refractivity contribution in [2.45, 2.75) is 38.6 Å². The normalized spacial score (nSPS) is 18.8. The van der Waals surface area contributed by atoms with Crippen LogP contribution in [0.1, 0.15) is 43.7 Å². The van der Waals surface area contributed by atoms with Crippen molar-refractivity contribution in [3.63, 3.8) is 0 Å². The molecule has 1 N–H and O–H groups in total. The molecule has 2 aliphatic heterocycles. The first-order valence-electron chi connectivity index (χ1n) is 9.17. The van der Waals surface area contributed by atoms with Crippen molar-refractivity contribution in [1.29, 1.82) is 0 Å². The summed E-state index contributed by atoms with van der Waals surface area (Å²) in [5.41, 5.74) is 1.53. The van der Waals surface area contributed by atoms with Gasteiger partial charge < -0.3 is 24.2 Å². The Hall–Kier alpha value is -2.70. The van der Waals surface area contributed by atoms with Crippen molar-refractivity contribution in [1.82, 2.24) is 10.1 Å². The number of ether oxygens (including phenoxy) is 2. The summed E-state index contributed by atoms with van der Waals surface area (Å²) in [7, 11) is 0. The van der Waals surface area contributed by atoms with Crippen LogP contribution in [0.3, 0.4) is 0 Å². The lowest BCUT2D eigenvalue weighted by Gasteiger charge is -2.24. The number of hydrogen-bond donors (Lipinski definition) is 1. The number of urea groups is 1. The van der Waals surface area contributed by atoms with Crippen LogP contribution in [0.2, 0.25) is 0 Å². The molecule has 0 spiro atoms. The van der Waals surface area contributed by atoms with E-state index in [2.05, 4.69) is 17.4 Å². The van der Waals surface area contributed by atoms with Gasteiger partial charge in [-0.2, -0.15) is 0 Å². The van der Waals surface area contributed by atoms with E-state index in [1.807, 2.05) is 23.1 Å². The molecule has 4 rings (SSSR count). The third kappa shape index (κ3) is 3.34. The smallest absolute Gasteiger partial charge is 0.322 e. The topological polar surface area (TPSA) is 76.8 Å². The SMILES string of the molecule is CCCc1cc([C@H]2CCCN2C(=O)Nc2ccc3c(c2)OCCO3)no1. The number of nitrogens with zero attached hydrogens (tertiary/aromatic N) is 2. The fourth-order valence-electron chi connectivity index (χ4n) is 3.48.